The molecule has 0 saturated carbocycles. The lowest BCUT2D eigenvalue weighted by atomic mass is 10.0. The van der Waals surface area contributed by atoms with Gasteiger partial charge in [-0.05, 0) is 45.0 Å². The fourth-order valence-electron chi connectivity index (χ4n) is 2.31. The van der Waals surface area contributed by atoms with Crippen molar-refractivity contribution in [2.75, 3.05) is 30.4 Å². The number of rotatable bonds is 6. The quantitative estimate of drug-likeness (QED) is 0.760. The van der Waals surface area contributed by atoms with Gasteiger partial charge in [-0.15, -0.1) is 0 Å². The summed E-state index contributed by atoms with van der Waals surface area (Å²) in [5, 5.41) is 16.0. The van der Waals surface area contributed by atoms with Gasteiger partial charge in [0.15, 0.2) is 0 Å². The molecule has 1 heterocycles. The molecule has 0 saturated heterocycles. The van der Waals surface area contributed by atoms with Crippen LogP contribution in [-0.4, -0.2) is 31.3 Å². The molecule has 0 aliphatic carbocycles. The first-order valence-corrected chi connectivity index (χ1v) is 7.98. The molecule has 1 unspecified atom stereocenters. The van der Waals surface area contributed by atoms with Crippen molar-refractivity contribution >= 4 is 17.4 Å². The van der Waals surface area contributed by atoms with Gasteiger partial charge >= 0.3 is 6.03 Å². The molecule has 0 radical (unpaired) electrons. The Balaban J connectivity index is 1.99. The van der Waals surface area contributed by atoms with Crippen molar-refractivity contribution < 1.29 is 14.3 Å². The summed E-state index contributed by atoms with van der Waals surface area (Å²) >= 11 is 0. The van der Waals surface area contributed by atoms with Crippen LogP contribution in [0.5, 0.6) is 0 Å². The normalized spacial score (nSPS) is 13.2. The number of amides is 2. The lowest BCUT2D eigenvalue weighted by Crippen LogP contribution is -2.40. The van der Waals surface area contributed by atoms with E-state index >= 15 is 0 Å². The predicted molar refractivity (Wildman–Crippen MR) is 95.4 cm³/mol. The first-order chi connectivity index (χ1) is 11.3. The van der Waals surface area contributed by atoms with E-state index in [1.165, 1.54) is 0 Å². The number of carbonyl (C=O) groups excluding carboxylic acids is 1. The first kappa shape index (κ1) is 17.9. The molecule has 1 aromatic carbocycles. The summed E-state index contributed by atoms with van der Waals surface area (Å²) in [6.45, 7) is 6.31. The first-order valence-electron chi connectivity index (χ1n) is 7.98. The maximum atomic E-state index is 12.2. The van der Waals surface area contributed by atoms with E-state index in [0.29, 0.717) is 17.2 Å². The second-order valence-corrected chi connectivity index (χ2v) is 6.02. The molecular weight excluding hydrogens is 306 g/mol. The number of aryl methyl sites for hydroxylation is 1. The molecule has 1 aromatic heterocycles. The topological polar surface area (TPSA) is 77.7 Å². The standard InChI is InChI=1S/C18H25N3O3/c1-5-21(4)15-9-7-6-8-14(15)20-17(22)19-12-18(3,23)16-11-10-13(2)24-16/h6-11,23H,5,12H2,1-4H3,(H2,19,20,22). The average Bonchev–Trinajstić information content (AvgIpc) is 3.00. The highest BCUT2D eigenvalue weighted by Crippen LogP contribution is 2.25. The zero-order valence-corrected chi connectivity index (χ0v) is 14.6. The van der Waals surface area contributed by atoms with E-state index in [4.69, 9.17) is 4.42 Å². The van der Waals surface area contributed by atoms with Crippen LogP contribution in [0.2, 0.25) is 0 Å². The molecule has 0 aliphatic rings. The summed E-state index contributed by atoms with van der Waals surface area (Å²) < 4.78 is 5.44. The van der Waals surface area contributed by atoms with E-state index in [1.807, 2.05) is 43.1 Å². The number of furan rings is 1. The van der Waals surface area contributed by atoms with E-state index < -0.39 is 5.60 Å². The summed E-state index contributed by atoms with van der Waals surface area (Å²) in [7, 11) is 1.96. The van der Waals surface area contributed by atoms with Gasteiger partial charge in [0.2, 0.25) is 0 Å². The van der Waals surface area contributed by atoms with Crippen molar-refractivity contribution in [3.63, 3.8) is 0 Å². The Kier molecular flexibility index (Phi) is 5.51. The van der Waals surface area contributed by atoms with Gasteiger partial charge < -0.3 is 25.1 Å². The summed E-state index contributed by atoms with van der Waals surface area (Å²) in [5.74, 6) is 1.14. The van der Waals surface area contributed by atoms with Crippen molar-refractivity contribution in [1.29, 1.82) is 0 Å². The number of hydrogen-bond donors (Lipinski definition) is 3. The fraction of sp³-hybridized carbons (Fsp3) is 0.389. The van der Waals surface area contributed by atoms with E-state index in [-0.39, 0.29) is 12.6 Å². The van der Waals surface area contributed by atoms with E-state index in [2.05, 4.69) is 10.6 Å². The molecule has 1 atom stereocenters. The summed E-state index contributed by atoms with van der Waals surface area (Å²) in [5.41, 5.74) is 0.377. The number of anilines is 2. The van der Waals surface area contributed by atoms with Crippen LogP contribution < -0.4 is 15.5 Å². The second kappa shape index (κ2) is 7.40. The molecule has 0 bridgehead atoms. The molecule has 6 nitrogen and oxygen atoms in total. The SMILES string of the molecule is CCN(C)c1ccccc1NC(=O)NCC(C)(O)c1ccc(C)o1. The Morgan fingerprint density at radius 2 is 2.00 bits per heavy atom. The van der Waals surface area contributed by atoms with Gasteiger partial charge in [0.05, 0.1) is 17.9 Å². The van der Waals surface area contributed by atoms with Crippen molar-refractivity contribution in [3.05, 3.63) is 47.9 Å². The Morgan fingerprint density at radius 3 is 2.62 bits per heavy atom. The molecule has 2 aromatic rings. The molecule has 2 rings (SSSR count). The number of nitrogens with zero attached hydrogens (tertiary/aromatic N) is 1. The molecule has 0 fully saturated rings. The number of urea groups is 1. The van der Waals surface area contributed by atoms with Gasteiger partial charge in [-0.1, -0.05) is 12.1 Å². The van der Waals surface area contributed by atoms with Gasteiger partial charge in [0.25, 0.3) is 0 Å². The summed E-state index contributed by atoms with van der Waals surface area (Å²) in [4.78, 5) is 14.2. The van der Waals surface area contributed by atoms with Crippen LogP contribution >= 0.6 is 0 Å². The van der Waals surface area contributed by atoms with Crippen LogP contribution in [0.4, 0.5) is 16.2 Å². The second-order valence-electron chi connectivity index (χ2n) is 6.02. The molecule has 0 aliphatic heterocycles. The van der Waals surface area contributed by atoms with E-state index in [9.17, 15) is 9.90 Å². The average molecular weight is 331 g/mol. The fourth-order valence-corrected chi connectivity index (χ4v) is 2.31. The summed E-state index contributed by atoms with van der Waals surface area (Å²) in [6.07, 6.45) is 0. The van der Waals surface area contributed by atoms with Crippen LogP contribution in [0.25, 0.3) is 0 Å². The highest BCUT2D eigenvalue weighted by Gasteiger charge is 2.27. The minimum absolute atomic E-state index is 0.0393. The predicted octanol–water partition coefficient (Wildman–Crippen LogP) is 3.07. The molecule has 24 heavy (non-hydrogen) atoms. The third-order valence-corrected chi connectivity index (χ3v) is 3.90. The monoisotopic (exact) mass is 331 g/mol. The number of aliphatic hydroxyl groups is 1. The highest BCUT2D eigenvalue weighted by atomic mass is 16.4. The Labute approximate surface area is 142 Å². The minimum atomic E-state index is -1.27. The van der Waals surface area contributed by atoms with Crippen molar-refractivity contribution in [1.82, 2.24) is 5.32 Å². The number of para-hydroxylation sites is 2. The zero-order valence-electron chi connectivity index (χ0n) is 14.6. The number of nitrogens with one attached hydrogen (secondary N) is 2. The lowest BCUT2D eigenvalue weighted by Gasteiger charge is -2.23. The number of hydrogen-bond acceptors (Lipinski definition) is 4. The van der Waals surface area contributed by atoms with Crippen LogP contribution in [0.3, 0.4) is 0 Å². The molecule has 2 amide bonds. The third kappa shape index (κ3) is 4.29. The van der Waals surface area contributed by atoms with Gasteiger partial charge in [-0.2, -0.15) is 0 Å². The van der Waals surface area contributed by atoms with E-state index in [0.717, 1.165) is 12.2 Å². The van der Waals surface area contributed by atoms with Crippen LogP contribution in [-0.2, 0) is 5.60 Å². The molecule has 3 N–H and O–H groups in total. The molecule has 0 spiro atoms. The number of benzene rings is 1. The minimum Gasteiger partial charge on any atom is -0.463 e. The largest absolute Gasteiger partial charge is 0.463 e. The molecular formula is C18H25N3O3. The van der Waals surface area contributed by atoms with Gasteiger partial charge in [0.1, 0.15) is 17.1 Å². The van der Waals surface area contributed by atoms with Crippen LogP contribution in [0.1, 0.15) is 25.4 Å². The third-order valence-electron chi connectivity index (χ3n) is 3.90. The Bertz CT molecular complexity index is 694. The van der Waals surface area contributed by atoms with Crippen LogP contribution in [0.15, 0.2) is 40.8 Å². The number of carbonyl (C=O) groups is 1. The smallest absolute Gasteiger partial charge is 0.319 e. The maximum Gasteiger partial charge on any atom is 0.319 e. The Morgan fingerprint density at radius 1 is 1.29 bits per heavy atom. The van der Waals surface area contributed by atoms with Crippen molar-refractivity contribution in [2.45, 2.75) is 26.4 Å². The van der Waals surface area contributed by atoms with Crippen LogP contribution in [0, 0.1) is 6.92 Å². The molecule has 6 heteroatoms. The van der Waals surface area contributed by atoms with E-state index in [1.54, 1.807) is 26.0 Å². The van der Waals surface area contributed by atoms with Crippen molar-refractivity contribution in [3.8, 4) is 0 Å². The lowest BCUT2D eigenvalue weighted by molar-refractivity contribution is 0.0364. The summed E-state index contributed by atoms with van der Waals surface area (Å²) in [6, 6.07) is 10.7. The molecule has 130 valence electrons. The van der Waals surface area contributed by atoms with Gasteiger partial charge in [-0.3, -0.25) is 0 Å². The maximum absolute atomic E-state index is 12.2. The van der Waals surface area contributed by atoms with Gasteiger partial charge in [-0.25, -0.2) is 4.79 Å². The van der Waals surface area contributed by atoms with Gasteiger partial charge in [0, 0.05) is 13.6 Å². The van der Waals surface area contributed by atoms with Crippen molar-refractivity contribution in [2.24, 2.45) is 0 Å². The Hall–Kier alpha value is -2.47. The zero-order chi connectivity index (χ0) is 17.7. The highest BCUT2D eigenvalue weighted by molar-refractivity contribution is 5.93.